The molecule has 0 radical (unpaired) electrons. The minimum absolute atomic E-state index is 0.521. The zero-order valence-corrected chi connectivity index (χ0v) is 12.3. The molecular weight excluding hydrogens is 335 g/mol. The maximum Gasteiger partial charge on any atom is 0.146 e. The van der Waals surface area contributed by atoms with E-state index in [0.29, 0.717) is 11.1 Å². The Bertz CT molecular complexity index is 370. The Morgan fingerprint density at radius 2 is 2.31 bits per heavy atom. The molecule has 1 fully saturated rings. The average Bonchev–Trinajstić information content (AvgIpc) is 2.33. The molecule has 0 spiro atoms. The molecule has 0 aromatic carbocycles. The van der Waals surface area contributed by atoms with Gasteiger partial charge in [0.2, 0.25) is 0 Å². The van der Waals surface area contributed by atoms with E-state index in [4.69, 9.17) is 11.6 Å². The van der Waals surface area contributed by atoms with E-state index in [9.17, 15) is 0 Å². The van der Waals surface area contributed by atoms with Gasteiger partial charge in [-0.15, -0.1) is 0 Å². The van der Waals surface area contributed by atoms with Crippen molar-refractivity contribution in [3.05, 3.63) is 20.7 Å². The number of hydrogen-bond acceptors (Lipinski definition) is 2. The van der Waals surface area contributed by atoms with Crippen molar-refractivity contribution in [3.8, 4) is 0 Å². The molecule has 4 heteroatoms. The molecule has 0 aliphatic heterocycles. The molecule has 2 atom stereocenters. The second-order valence-corrected chi connectivity index (χ2v) is 6.02. The van der Waals surface area contributed by atoms with Crippen LogP contribution < -0.4 is 0 Å². The van der Waals surface area contributed by atoms with Crippen LogP contribution in [0, 0.1) is 9.49 Å². The molecule has 0 amide bonds. The van der Waals surface area contributed by atoms with Crippen LogP contribution in [0.4, 0.5) is 0 Å². The van der Waals surface area contributed by atoms with Gasteiger partial charge in [-0.05, 0) is 41.4 Å². The van der Waals surface area contributed by atoms with Gasteiger partial charge in [0.15, 0.2) is 0 Å². The molecule has 0 N–H and O–H groups in total. The third-order valence-corrected chi connectivity index (χ3v) is 4.84. The largest absolute Gasteiger partial charge is 0.240 e. The molecule has 1 saturated carbocycles. The molecule has 1 aliphatic rings. The Kier molecular flexibility index (Phi) is 4.41. The first kappa shape index (κ1) is 12.6. The highest BCUT2D eigenvalue weighted by Gasteiger charge is 2.24. The molecular formula is C12H16ClIN2. The van der Waals surface area contributed by atoms with Crippen LogP contribution in [-0.2, 0) is 0 Å². The molecule has 1 aliphatic carbocycles. The molecule has 1 heterocycles. The standard InChI is InChI=1S/C12H16ClIN2/c1-2-8-4-3-5-9(6-8)12-15-7-10(14)11(13)16-12/h7-9H,2-6H2,1H3. The summed E-state index contributed by atoms with van der Waals surface area (Å²) in [5.41, 5.74) is 0. The van der Waals surface area contributed by atoms with E-state index in [1.807, 2.05) is 6.20 Å². The van der Waals surface area contributed by atoms with E-state index in [1.165, 1.54) is 32.1 Å². The van der Waals surface area contributed by atoms with Gasteiger partial charge in [0.05, 0.1) is 3.57 Å². The van der Waals surface area contributed by atoms with E-state index >= 15 is 0 Å². The van der Waals surface area contributed by atoms with Crippen molar-refractivity contribution in [2.24, 2.45) is 5.92 Å². The third kappa shape index (κ3) is 2.86. The van der Waals surface area contributed by atoms with Crippen molar-refractivity contribution in [3.63, 3.8) is 0 Å². The van der Waals surface area contributed by atoms with E-state index in [2.05, 4.69) is 39.5 Å². The van der Waals surface area contributed by atoms with Gasteiger partial charge < -0.3 is 0 Å². The summed E-state index contributed by atoms with van der Waals surface area (Å²) in [6.45, 7) is 2.27. The van der Waals surface area contributed by atoms with E-state index in [-0.39, 0.29) is 0 Å². The molecule has 2 nitrogen and oxygen atoms in total. The van der Waals surface area contributed by atoms with Crippen LogP contribution in [0.25, 0.3) is 0 Å². The van der Waals surface area contributed by atoms with Crippen LogP contribution in [0.3, 0.4) is 0 Å². The lowest BCUT2D eigenvalue weighted by Gasteiger charge is -2.27. The first-order valence-corrected chi connectivity index (χ1v) is 7.34. The molecule has 0 saturated heterocycles. The Labute approximate surface area is 115 Å². The molecule has 2 rings (SSSR count). The number of rotatable bonds is 2. The van der Waals surface area contributed by atoms with Gasteiger partial charge in [0, 0.05) is 12.1 Å². The van der Waals surface area contributed by atoms with Gasteiger partial charge in [0.1, 0.15) is 11.0 Å². The Morgan fingerprint density at radius 1 is 1.50 bits per heavy atom. The summed E-state index contributed by atoms with van der Waals surface area (Å²) < 4.78 is 0.936. The second kappa shape index (κ2) is 5.63. The molecule has 1 aromatic heterocycles. The highest BCUT2D eigenvalue weighted by molar-refractivity contribution is 14.1. The van der Waals surface area contributed by atoms with Crippen LogP contribution in [0.15, 0.2) is 6.20 Å². The minimum atomic E-state index is 0.521. The Morgan fingerprint density at radius 3 is 3.00 bits per heavy atom. The van der Waals surface area contributed by atoms with E-state index in [1.54, 1.807) is 0 Å². The molecule has 16 heavy (non-hydrogen) atoms. The highest BCUT2D eigenvalue weighted by atomic mass is 127. The number of hydrogen-bond donors (Lipinski definition) is 0. The fraction of sp³-hybridized carbons (Fsp3) is 0.667. The van der Waals surface area contributed by atoms with Gasteiger partial charge in [-0.1, -0.05) is 37.8 Å². The highest BCUT2D eigenvalue weighted by Crippen LogP contribution is 2.36. The fourth-order valence-corrected chi connectivity index (χ4v) is 2.85. The van der Waals surface area contributed by atoms with Gasteiger partial charge in [0.25, 0.3) is 0 Å². The summed E-state index contributed by atoms with van der Waals surface area (Å²) in [6.07, 6.45) is 8.22. The summed E-state index contributed by atoms with van der Waals surface area (Å²) in [5.74, 6) is 2.32. The fourth-order valence-electron chi connectivity index (χ4n) is 2.45. The zero-order chi connectivity index (χ0) is 11.5. The second-order valence-electron chi connectivity index (χ2n) is 4.50. The van der Waals surface area contributed by atoms with Crippen molar-refractivity contribution in [2.45, 2.75) is 44.9 Å². The van der Waals surface area contributed by atoms with Crippen molar-refractivity contribution in [2.75, 3.05) is 0 Å². The van der Waals surface area contributed by atoms with Crippen molar-refractivity contribution < 1.29 is 0 Å². The lowest BCUT2D eigenvalue weighted by Crippen LogP contribution is -2.16. The summed E-state index contributed by atoms with van der Waals surface area (Å²) in [4.78, 5) is 8.84. The van der Waals surface area contributed by atoms with Crippen LogP contribution in [0.5, 0.6) is 0 Å². The lowest BCUT2D eigenvalue weighted by molar-refractivity contribution is 0.307. The molecule has 0 bridgehead atoms. The van der Waals surface area contributed by atoms with Gasteiger partial charge in [-0.3, -0.25) is 0 Å². The van der Waals surface area contributed by atoms with Gasteiger partial charge in [-0.25, -0.2) is 9.97 Å². The van der Waals surface area contributed by atoms with E-state index < -0.39 is 0 Å². The summed E-state index contributed by atoms with van der Waals surface area (Å²) in [5, 5.41) is 0.601. The van der Waals surface area contributed by atoms with Crippen LogP contribution >= 0.6 is 34.2 Å². The van der Waals surface area contributed by atoms with Crippen molar-refractivity contribution in [1.29, 1.82) is 0 Å². The maximum absolute atomic E-state index is 6.04. The summed E-state index contributed by atoms with van der Waals surface area (Å²) >= 11 is 8.21. The van der Waals surface area contributed by atoms with Crippen molar-refractivity contribution in [1.82, 2.24) is 9.97 Å². The lowest BCUT2D eigenvalue weighted by atomic mass is 9.80. The predicted molar refractivity (Wildman–Crippen MR) is 74.7 cm³/mol. The van der Waals surface area contributed by atoms with Crippen LogP contribution in [-0.4, -0.2) is 9.97 Å². The molecule has 1 aromatic rings. The first-order valence-electron chi connectivity index (χ1n) is 5.88. The summed E-state index contributed by atoms with van der Waals surface area (Å²) in [7, 11) is 0. The number of halogens is 2. The topological polar surface area (TPSA) is 25.8 Å². The van der Waals surface area contributed by atoms with Crippen molar-refractivity contribution >= 4 is 34.2 Å². The quantitative estimate of drug-likeness (QED) is 0.583. The smallest absolute Gasteiger partial charge is 0.146 e. The third-order valence-electron chi connectivity index (χ3n) is 3.45. The average molecular weight is 351 g/mol. The van der Waals surface area contributed by atoms with E-state index in [0.717, 1.165) is 15.3 Å². The van der Waals surface area contributed by atoms with Gasteiger partial charge in [-0.2, -0.15) is 0 Å². The molecule has 2 unspecified atom stereocenters. The monoisotopic (exact) mass is 350 g/mol. The Hall–Kier alpha value is 0.1000. The molecule has 88 valence electrons. The van der Waals surface area contributed by atoms with Crippen LogP contribution in [0.2, 0.25) is 5.15 Å². The maximum atomic E-state index is 6.04. The predicted octanol–water partition coefficient (Wildman–Crippen LogP) is 4.42. The minimum Gasteiger partial charge on any atom is -0.240 e. The number of aromatic nitrogens is 2. The number of nitrogens with zero attached hydrogens (tertiary/aromatic N) is 2. The zero-order valence-electron chi connectivity index (χ0n) is 9.42. The van der Waals surface area contributed by atoms with Crippen LogP contribution in [0.1, 0.15) is 50.8 Å². The van der Waals surface area contributed by atoms with Gasteiger partial charge >= 0.3 is 0 Å². The first-order chi connectivity index (χ1) is 7.70. The summed E-state index contributed by atoms with van der Waals surface area (Å²) in [6, 6.07) is 0. The SMILES string of the molecule is CCC1CCCC(c2ncc(I)c(Cl)n2)C1. The normalized spacial score (nSPS) is 25.7. The Balaban J connectivity index is 2.13.